The molecule has 1 aromatic rings. The van der Waals surface area contributed by atoms with Gasteiger partial charge in [0.1, 0.15) is 5.82 Å². The molecule has 0 bridgehead atoms. The van der Waals surface area contributed by atoms with Gasteiger partial charge in [0.2, 0.25) is 0 Å². The molecule has 3 heteroatoms. The zero-order chi connectivity index (χ0) is 8.27. The molecule has 0 radical (unpaired) electrons. The molecule has 0 aliphatic rings. The second kappa shape index (κ2) is 3.05. The lowest BCUT2D eigenvalue weighted by molar-refractivity contribution is 1.02. The summed E-state index contributed by atoms with van der Waals surface area (Å²) in [6, 6.07) is 0. The van der Waals surface area contributed by atoms with E-state index in [4.69, 9.17) is 5.73 Å². The summed E-state index contributed by atoms with van der Waals surface area (Å²) in [5.74, 6) is 0.912. The molecular formula is C8H11N3. The Hall–Kier alpha value is -1.51. The summed E-state index contributed by atoms with van der Waals surface area (Å²) in [5, 5.41) is 0. The third kappa shape index (κ3) is 1.70. The lowest BCUT2D eigenvalue weighted by Crippen LogP contribution is -1.96. The number of aryl methyl sites for hydroxylation is 1. The van der Waals surface area contributed by atoms with Crippen LogP contribution in [0.4, 0.5) is 0 Å². The van der Waals surface area contributed by atoms with Crippen molar-refractivity contribution < 1.29 is 0 Å². The van der Waals surface area contributed by atoms with Gasteiger partial charge in [-0.1, -0.05) is 6.58 Å². The summed E-state index contributed by atoms with van der Waals surface area (Å²) in [4.78, 5) is 4.03. The number of imidazole rings is 1. The summed E-state index contributed by atoms with van der Waals surface area (Å²) in [6.45, 7) is 5.45. The van der Waals surface area contributed by atoms with Crippen LogP contribution in [0.3, 0.4) is 0 Å². The number of rotatable bonds is 2. The first-order valence-corrected chi connectivity index (χ1v) is 3.33. The number of nitrogens with zero attached hydrogens (tertiary/aromatic N) is 2. The SMILES string of the molecule is C=C/C(N)=C\n1ccnc1C. The smallest absolute Gasteiger partial charge is 0.109 e. The molecule has 0 aliphatic carbocycles. The highest BCUT2D eigenvalue weighted by Gasteiger charge is 1.91. The highest BCUT2D eigenvalue weighted by Crippen LogP contribution is 1.97. The molecule has 1 heterocycles. The van der Waals surface area contributed by atoms with Crippen molar-refractivity contribution in [1.29, 1.82) is 0 Å². The lowest BCUT2D eigenvalue weighted by atomic mass is 10.5. The summed E-state index contributed by atoms with van der Waals surface area (Å²) >= 11 is 0. The van der Waals surface area contributed by atoms with E-state index in [1.807, 2.05) is 17.7 Å². The molecule has 0 saturated heterocycles. The standard InChI is InChI=1S/C8H11N3/c1-3-8(9)6-11-5-4-10-7(11)2/h3-6H,1,9H2,2H3/b8-6+. The van der Waals surface area contributed by atoms with E-state index in [1.165, 1.54) is 0 Å². The molecule has 0 saturated carbocycles. The predicted molar refractivity (Wildman–Crippen MR) is 45.6 cm³/mol. The first-order valence-electron chi connectivity index (χ1n) is 3.33. The Morgan fingerprint density at radius 1 is 1.82 bits per heavy atom. The first-order chi connectivity index (χ1) is 5.24. The predicted octanol–water partition coefficient (Wildman–Crippen LogP) is 1.13. The van der Waals surface area contributed by atoms with Gasteiger partial charge in [-0.3, -0.25) is 0 Å². The molecule has 0 spiro atoms. The Balaban J connectivity index is 2.94. The Morgan fingerprint density at radius 2 is 2.55 bits per heavy atom. The van der Waals surface area contributed by atoms with Crippen molar-refractivity contribution in [3.8, 4) is 0 Å². The Labute approximate surface area is 65.9 Å². The fourth-order valence-electron chi connectivity index (χ4n) is 0.737. The van der Waals surface area contributed by atoms with Gasteiger partial charge in [0.15, 0.2) is 0 Å². The molecular weight excluding hydrogens is 138 g/mol. The number of aromatic nitrogens is 2. The second-order valence-corrected chi connectivity index (χ2v) is 2.21. The van der Waals surface area contributed by atoms with Gasteiger partial charge in [-0.05, 0) is 13.0 Å². The topological polar surface area (TPSA) is 43.8 Å². The van der Waals surface area contributed by atoms with Crippen molar-refractivity contribution in [2.24, 2.45) is 5.73 Å². The van der Waals surface area contributed by atoms with E-state index in [-0.39, 0.29) is 0 Å². The van der Waals surface area contributed by atoms with Crippen LogP contribution in [0.15, 0.2) is 30.7 Å². The maximum atomic E-state index is 5.53. The average Bonchev–Trinajstić information content (AvgIpc) is 2.37. The van der Waals surface area contributed by atoms with Crippen molar-refractivity contribution in [1.82, 2.24) is 9.55 Å². The molecule has 0 aromatic carbocycles. The van der Waals surface area contributed by atoms with Gasteiger partial charge in [-0.2, -0.15) is 0 Å². The first kappa shape index (κ1) is 7.60. The van der Waals surface area contributed by atoms with Gasteiger partial charge in [0.25, 0.3) is 0 Å². The van der Waals surface area contributed by atoms with Crippen molar-refractivity contribution in [3.05, 3.63) is 36.6 Å². The maximum Gasteiger partial charge on any atom is 0.109 e. The maximum absolute atomic E-state index is 5.53. The minimum atomic E-state index is 0.631. The summed E-state index contributed by atoms with van der Waals surface area (Å²) in [6.07, 6.45) is 6.93. The molecule has 1 aromatic heterocycles. The van der Waals surface area contributed by atoms with Crippen LogP contribution in [0.1, 0.15) is 5.82 Å². The molecule has 0 unspecified atom stereocenters. The third-order valence-electron chi connectivity index (χ3n) is 1.39. The minimum absolute atomic E-state index is 0.631. The number of allylic oxidation sites excluding steroid dienone is 1. The Kier molecular flexibility index (Phi) is 2.11. The van der Waals surface area contributed by atoms with Crippen LogP contribution in [0.2, 0.25) is 0 Å². The largest absolute Gasteiger partial charge is 0.398 e. The minimum Gasteiger partial charge on any atom is -0.398 e. The molecule has 1 rings (SSSR count). The monoisotopic (exact) mass is 149 g/mol. The van der Waals surface area contributed by atoms with E-state index in [1.54, 1.807) is 18.5 Å². The van der Waals surface area contributed by atoms with E-state index in [9.17, 15) is 0 Å². The van der Waals surface area contributed by atoms with Crippen LogP contribution in [0, 0.1) is 6.92 Å². The molecule has 11 heavy (non-hydrogen) atoms. The number of hydrogen-bond donors (Lipinski definition) is 1. The molecule has 0 atom stereocenters. The molecule has 2 N–H and O–H groups in total. The van der Waals surface area contributed by atoms with Crippen LogP contribution in [-0.2, 0) is 0 Å². The van der Waals surface area contributed by atoms with Crippen LogP contribution in [0.25, 0.3) is 6.20 Å². The van der Waals surface area contributed by atoms with Crippen molar-refractivity contribution in [2.45, 2.75) is 6.92 Å². The average molecular weight is 149 g/mol. The zero-order valence-electron chi connectivity index (χ0n) is 6.49. The Morgan fingerprint density at radius 3 is 3.00 bits per heavy atom. The fourth-order valence-corrected chi connectivity index (χ4v) is 0.737. The summed E-state index contributed by atoms with van der Waals surface area (Å²) in [7, 11) is 0. The van der Waals surface area contributed by atoms with Gasteiger partial charge < -0.3 is 10.3 Å². The highest BCUT2D eigenvalue weighted by atomic mass is 15.0. The van der Waals surface area contributed by atoms with E-state index in [0.717, 1.165) is 5.82 Å². The van der Waals surface area contributed by atoms with Crippen molar-refractivity contribution >= 4 is 6.20 Å². The number of nitrogens with two attached hydrogens (primary N) is 1. The van der Waals surface area contributed by atoms with Crippen LogP contribution >= 0.6 is 0 Å². The van der Waals surface area contributed by atoms with Crippen LogP contribution in [-0.4, -0.2) is 9.55 Å². The van der Waals surface area contributed by atoms with Gasteiger partial charge in [0.05, 0.1) is 0 Å². The normalized spacial score (nSPS) is 11.5. The summed E-state index contributed by atoms with van der Waals surface area (Å²) < 4.78 is 1.84. The van der Waals surface area contributed by atoms with Crippen molar-refractivity contribution in [2.75, 3.05) is 0 Å². The van der Waals surface area contributed by atoms with E-state index in [0.29, 0.717) is 5.70 Å². The molecule has 0 fully saturated rings. The molecule has 58 valence electrons. The van der Waals surface area contributed by atoms with E-state index < -0.39 is 0 Å². The van der Waals surface area contributed by atoms with Crippen LogP contribution < -0.4 is 5.73 Å². The number of hydrogen-bond acceptors (Lipinski definition) is 2. The molecule has 0 aliphatic heterocycles. The van der Waals surface area contributed by atoms with Gasteiger partial charge in [-0.15, -0.1) is 0 Å². The zero-order valence-corrected chi connectivity index (χ0v) is 6.49. The lowest BCUT2D eigenvalue weighted by Gasteiger charge is -1.96. The summed E-state index contributed by atoms with van der Waals surface area (Å²) in [5.41, 5.74) is 6.16. The van der Waals surface area contributed by atoms with Gasteiger partial charge in [-0.25, -0.2) is 4.98 Å². The molecule has 3 nitrogen and oxygen atoms in total. The van der Waals surface area contributed by atoms with E-state index >= 15 is 0 Å². The third-order valence-corrected chi connectivity index (χ3v) is 1.39. The Bertz CT molecular complexity index is 283. The van der Waals surface area contributed by atoms with Crippen LogP contribution in [0.5, 0.6) is 0 Å². The van der Waals surface area contributed by atoms with Gasteiger partial charge >= 0.3 is 0 Å². The van der Waals surface area contributed by atoms with Crippen molar-refractivity contribution in [3.63, 3.8) is 0 Å². The second-order valence-electron chi connectivity index (χ2n) is 2.21. The molecule has 0 amide bonds. The fraction of sp³-hybridized carbons (Fsp3) is 0.125. The van der Waals surface area contributed by atoms with E-state index in [2.05, 4.69) is 11.6 Å². The highest BCUT2D eigenvalue weighted by molar-refractivity contribution is 5.35. The van der Waals surface area contributed by atoms with Gasteiger partial charge in [0, 0.05) is 24.3 Å². The quantitative estimate of drug-likeness (QED) is 0.641.